The number of ketones is 1. The van der Waals surface area contributed by atoms with Crippen LogP contribution in [0.3, 0.4) is 0 Å². The Balaban J connectivity index is 1.13. The highest BCUT2D eigenvalue weighted by Gasteiger charge is 2.65. The summed E-state index contributed by atoms with van der Waals surface area (Å²) >= 11 is 0. The minimum Gasteiger partial charge on any atom is -0.480 e. The number of Topliss-reactive ketones (excluding diaryl/α,β-unsaturated/α-hetero) is 1. The van der Waals surface area contributed by atoms with Crippen LogP contribution in [0.25, 0.3) is 0 Å². The van der Waals surface area contributed by atoms with Gasteiger partial charge in [0.15, 0.2) is 6.10 Å². The fourth-order valence-electron chi connectivity index (χ4n) is 6.87. The Morgan fingerprint density at radius 3 is 2.56 bits per heavy atom. The second kappa shape index (κ2) is 12.8. The molecule has 0 aromatic heterocycles. The minimum absolute atomic E-state index is 0.0673. The third kappa shape index (κ3) is 6.99. The lowest BCUT2D eigenvalue weighted by molar-refractivity contribution is -0.139. The summed E-state index contributed by atoms with van der Waals surface area (Å²) in [4.78, 5) is 49.6. The van der Waals surface area contributed by atoms with Crippen molar-refractivity contribution in [1.82, 2.24) is 10.0 Å². The lowest BCUT2D eigenvalue weighted by Crippen LogP contribution is -2.49. The molecule has 242 valence electrons. The van der Waals surface area contributed by atoms with Crippen molar-refractivity contribution in [1.29, 1.82) is 0 Å². The van der Waals surface area contributed by atoms with E-state index >= 15 is 0 Å². The van der Waals surface area contributed by atoms with Crippen LogP contribution in [0.1, 0.15) is 57.1 Å². The van der Waals surface area contributed by atoms with Crippen LogP contribution in [-0.4, -0.2) is 61.7 Å². The number of sulfonamides is 1. The molecule has 2 amide bonds. The normalized spacial score (nSPS) is 23.9. The molecule has 1 aliphatic heterocycles. The highest BCUT2D eigenvalue weighted by atomic mass is 32.2. The standard InChI is InChI=1S/C32H39N3O9S/c1-31(2)22-12-13-32(31,27(36)17-22)19-45(41,42)35-24(29(38)39)16-21-10-11-25-23(15-21)34-28(37)26(44-25)9-6-14-33-30(40)43-18-20-7-4-3-5-8-20/h3-5,7-8,10-11,15,22,24,26,35H,6,9,12-14,16-19H2,1-2H3,(H,33,40)(H,34,37)(H,38,39)/t22?,24-,26+,32-/m0/s1. The molecule has 1 heterocycles. The average Bonchev–Trinajstić information content (AvgIpc) is 3.32. The molecule has 2 fully saturated rings. The van der Waals surface area contributed by atoms with Crippen molar-refractivity contribution in [2.75, 3.05) is 17.6 Å². The molecule has 2 saturated carbocycles. The number of carboxylic acid groups (broad SMARTS) is 1. The van der Waals surface area contributed by atoms with Gasteiger partial charge in [-0.3, -0.25) is 14.4 Å². The number of carboxylic acids is 1. The first kappa shape index (κ1) is 32.4. The first-order valence-electron chi connectivity index (χ1n) is 15.1. The Morgan fingerprint density at radius 2 is 1.89 bits per heavy atom. The zero-order chi connectivity index (χ0) is 32.4. The Morgan fingerprint density at radius 1 is 1.13 bits per heavy atom. The second-order valence-corrected chi connectivity index (χ2v) is 14.4. The van der Waals surface area contributed by atoms with Crippen molar-refractivity contribution >= 4 is 39.5 Å². The highest BCUT2D eigenvalue weighted by Crippen LogP contribution is 2.64. The van der Waals surface area contributed by atoms with Crippen molar-refractivity contribution in [2.45, 2.75) is 71.1 Å². The molecule has 2 aromatic rings. The SMILES string of the molecule is CC1(C)C2CC[C@]1(CS(=O)(=O)N[C@@H](Cc1ccc3c(c1)NC(=O)[C@@H](CCCNC(=O)OCc1ccccc1)O3)C(=O)O)C(=O)C2. The van der Waals surface area contributed by atoms with Gasteiger partial charge in [-0.05, 0) is 66.7 Å². The van der Waals surface area contributed by atoms with Gasteiger partial charge in [-0.15, -0.1) is 0 Å². The molecule has 2 bridgehead atoms. The number of carbonyl (C=O) groups excluding carboxylic acids is 3. The maximum atomic E-state index is 13.2. The number of ether oxygens (including phenoxy) is 2. The van der Waals surface area contributed by atoms with Gasteiger partial charge < -0.3 is 25.2 Å². The van der Waals surface area contributed by atoms with E-state index in [4.69, 9.17) is 9.47 Å². The van der Waals surface area contributed by atoms with Crippen LogP contribution in [0.2, 0.25) is 0 Å². The van der Waals surface area contributed by atoms with Gasteiger partial charge in [0.05, 0.1) is 11.4 Å². The first-order chi connectivity index (χ1) is 21.3. The van der Waals surface area contributed by atoms with Crippen molar-refractivity contribution in [3.8, 4) is 5.75 Å². The van der Waals surface area contributed by atoms with E-state index in [9.17, 15) is 32.7 Å². The molecule has 2 aliphatic carbocycles. The molecule has 0 spiro atoms. The van der Waals surface area contributed by atoms with Gasteiger partial charge in [-0.25, -0.2) is 17.9 Å². The molecule has 1 unspecified atom stereocenters. The van der Waals surface area contributed by atoms with Crippen molar-refractivity contribution in [2.24, 2.45) is 16.7 Å². The quantitative estimate of drug-likeness (QED) is 0.239. The molecule has 45 heavy (non-hydrogen) atoms. The number of nitrogens with one attached hydrogen (secondary N) is 3. The van der Waals surface area contributed by atoms with Crippen molar-refractivity contribution < 1.29 is 42.2 Å². The topological polar surface area (TPSA) is 177 Å². The first-order valence-corrected chi connectivity index (χ1v) is 16.8. The van der Waals surface area contributed by atoms with Crippen LogP contribution in [0.15, 0.2) is 48.5 Å². The molecular weight excluding hydrogens is 602 g/mol. The summed E-state index contributed by atoms with van der Waals surface area (Å²) in [6.07, 6.45) is 0.867. The van der Waals surface area contributed by atoms with Crippen LogP contribution >= 0.6 is 0 Å². The average molecular weight is 642 g/mol. The van der Waals surface area contributed by atoms with E-state index in [2.05, 4.69) is 15.4 Å². The third-order valence-corrected chi connectivity index (χ3v) is 11.1. The van der Waals surface area contributed by atoms with E-state index in [0.29, 0.717) is 42.7 Å². The highest BCUT2D eigenvalue weighted by molar-refractivity contribution is 7.89. The maximum Gasteiger partial charge on any atom is 0.407 e. The molecule has 0 saturated heterocycles. The van der Waals surface area contributed by atoms with Crippen LogP contribution in [0.5, 0.6) is 5.75 Å². The predicted octanol–water partition coefficient (Wildman–Crippen LogP) is 3.40. The Hall–Kier alpha value is -3.97. The summed E-state index contributed by atoms with van der Waals surface area (Å²) in [5.74, 6) is -1.72. The molecule has 4 N–H and O–H groups in total. The molecule has 3 aliphatic rings. The van der Waals surface area contributed by atoms with Crippen LogP contribution < -0.4 is 20.1 Å². The molecule has 4 atom stereocenters. The summed E-state index contributed by atoms with van der Waals surface area (Å²) in [5, 5.41) is 15.3. The predicted molar refractivity (Wildman–Crippen MR) is 164 cm³/mol. The summed E-state index contributed by atoms with van der Waals surface area (Å²) in [5.41, 5.74) is 0.197. The Kier molecular flexibility index (Phi) is 9.22. The van der Waals surface area contributed by atoms with Gasteiger partial charge in [-0.2, -0.15) is 0 Å². The fraction of sp³-hybridized carbons (Fsp3) is 0.500. The molecule has 13 heteroatoms. The molecule has 0 radical (unpaired) electrons. The largest absolute Gasteiger partial charge is 0.480 e. The number of amides is 2. The van der Waals surface area contributed by atoms with Crippen LogP contribution in [0.4, 0.5) is 10.5 Å². The number of anilines is 1. The minimum atomic E-state index is -4.12. The number of fused-ring (bicyclic) bond motifs is 3. The Bertz CT molecular complexity index is 1580. The molecule has 5 rings (SSSR count). The summed E-state index contributed by atoms with van der Waals surface area (Å²) in [6.45, 7) is 4.29. The number of aliphatic carboxylic acids is 1. The van der Waals surface area contributed by atoms with E-state index in [1.165, 1.54) is 0 Å². The van der Waals surface area contributed by atoms with Crippen LogP contribution in [0, 0.1) is 16.7 Å². The van der Waals surface area contributed by atoms with E-state index in [1.54, 1.807) is 18.2 Å². The number of hydrogen-bond acceptors (Lipinski definition) is 8. The zero-order valence-electron chi connectivity index (χ0n) is 25.3. The van der Waals surface area contributed by atoms with E-state index < -0.39 is 50.8 Å². The van der Waals surface area contributed by atoms with Gasteiger partial charge >= 0.3 is 12.1 Å². The summed E-state index contributed by atoms with van der Waals surface area (Å²) in [6, 6.07) is 12.6. The van der Waals surface area contributed by atoms with Gasteiger partial charge in [0.1, 0.15) is 24.2 Å². The second-order valence-electron chi connectivity index (χ2n) is 12.7. The van der Waals surface area contributed by atoms with Gasteiger partial charge in [0, 0.05) is 18.4 Å². The zero-order valence-corrected chi connectivity index (χ0v) is 26.2. The van der Waals surface area contributed by atoms with E-state index in [0.717, 1.165) is 12.0 Å². The lowest BCUT2D eigenvalue weighted by Gasteiger charge is -2.36. The summed E-state index contributed by atoms with van der Waals surface area (Å²) < 4.78 is 39.8. The number of benzene rings is 2. The van der Waals surface area contributed by atoms with Gasteiger partial charge in [-0.1, -0.05) is 50.2 Å². The van der Waals surface area contributed by atoms with Gasteiger partial charge in [0.2, 0.25) is 10.0 Å². The monoisotopic (exact) mass is 641 g/mol. The number of alkyl carbamates (subject to hydrolysis) is 1. The number of hydrogen-bond donors (Lipinski definition) is 4. The lowest BCUT2D eigenvalue weighted by atomic mass is 9.70. The maximum absolute atomic E-state index is 13.2. The molecule has 12 nitrogen and oxygen atoms in total. The third-order valence-electron chi connectivity index (χ3n) is 9.62. The Labute approximate surface area is 262 Å². The van der Waals surface area contributed by atoms with Crippen molar-refractivity contribution in [3.05, 3.63) is 59.7 Å². The number of carbonyl (C=O) groups is 4. The van der Waals surface area contributed by atoms with E-state index in [1.807, 2.05) is 44.2 Å². The van der Waals surface area contributed by atoms with Gasteiger partial charge in [0.25, 0.3) is 5.91 Å². The van der Waals surface area contributed by atoms with Crippen LogP contribution in [-0.2, 0) is 42.2 Å². The molecule has 2 aromatic carbocycles. The number of rotatable bonds is 13. The van der Waals surface area contributed by atoms with E-state index in [-0.39, 0.29) is 37.2 Å². The summed E-state index contributed by atoms with van der Waals surface area (Å²) in [7, 11) is -4.12. The smallest absolute Gasteiger partial charge is 0.407 e. The fourth-order valence-corrected chi connectivity index (χ4v) is 8.90. The molecular formula is C32H39N3O9S. The van der Waals surface area contributed by atoms with Crippen molar-refractivity contribution in [3.63, 3.8) is 0 Å².